The van der Waals surface area contributed by atoms with Gasteiger partial charge >= 0.3 is 0 Å². The third-order valence-corrected chi connectivity index (χ3v) is 4.17. The van der Waals surface area contributed by atoms with Gasteiger partial charge in [-0.3, -0.25) is 9.58 Å². The topological polar surface area (TPSA) is 67.0 Å². The molecular formula is C17H21N5O. The number of piperidine rings is 1. The molecule has 6 nitrogen and oxygen atoms in total. The van der Waals surface area contributed by atoms with Crippen LogP contribution in [0.15, 0.2) is 36.9 Å². The van der Waals surface area contributed by atoms with Crippen LogP contribution in [-0.4, -0.2) is 45.9 Å². The van der Waals surface area contributed by atoms with Crippen LogP contribution in [0.2, 0.25) is 0 Å². The van der Waals surface area contributed by atoms with E-state index in [2.05, 4.69) is 21.1 Å². The van der Waals surface area contributed by atoms with Crippen molar-refractivity contribution in [3.8, 4) is 11.8 Å². The molecule has 1 aliphatic rings. The quantitative estimate of drug-likeness (QED) is 0.815. The van der Waals surface area contributed by atoms with Gasteiger partial charge in [-0.15, -0.1) is 0 Å². The lowest BCUT2D eigenvalue weighted by Crippen LogP contribution is -2.39. The largest absolute Gasteiger partial charge is 0.492 e. The van der Waals surface area contributed by atoms with E-state index in [1.165, 1.54) is 12.8 Å². The first-order valence-electron chi connectivity index (χ1n) is 8.01. The summed E-state index contributed by atoms with van der Waals surface area (Å²) in [7, 11) is 0. The highest BCUT2D eigenvalue weighted by atomic mass is 16.5. The maximum atomic E-state index is 8.78. The molecule has 1 aromatic heterocycles. The highest BCUT2D eigenvalue weighted by Gasteiger charge is 2.20. The number of ether oxygens (including phenoxy) is 1. The van der Waals surface area contributed by atoms with Gasteiger partial charge in [-0.1, -0.05) is 0 Å². The standard InChI is InChI=1S/C17H21N5O/c18-10-15-3-5-17(6-4-15)23-9-8-21-7-1-2-16(11-21)12-22-14-19-13-20-22/h3-6,13-14,16H,1-2,7-9,11-12H2/t16-/m0/s1. The van der Waals surface area contributed by atoms with Crippen LogP contribution in [0.4, 0.5) is 0 Å². The Labute approximate surface area is 136 Å². The highest BCUT2D eigenvalue weighted by Crippen LogP contribution is 2.18. The summed E-state index contributed by atoms with van der Waals surface area (Å²) >= 11 is 0. The van der Waals surface area contributed by atoms with Crippen LogP contribution in [0.3, 0.4) is 0 Å². The second-order valence-corrected chi connectivity index (χ2v) is 5.91. The lowest BCUT2D eigenvalue weighted by Gasteiger charge is -2.32. The van der Waals surface area contributed by atoms with Gasteiger partial charge in [0.1, 0.15) is 25.0 Å². The van der Waals surface area contributed by atoms with Crippen molar-refractivity contribution >= 4 is 0 Å². The fraction of sp³-hybridized carbons (Fsp3) is 0.471. The van der Waals surface area contributed by atoms with Crippen molar-refractivity contribution in [2.75, 3.05) is 26.2 Å². The summed E-state index contributed by atoms with van der Waals surface area (Å²) < 4.78 is 7.69. The molecular weight excluding hydrogens is 290 g/mol. The molecule has 2 heterocycles. The molecule has 23 heavy (non-hydrogen) atoms. The van der Waals surface area contributed by atoms with E-state index < -0.39 is 0 Å². The molecule has 0 saturated carbocycles. The summed E-state index contributed by atoms with van der Waals surface area (Å²) in [5.41, 5.74) is 0.657. The van der Waals surface area contributed by atoms with Crippen LogP contribution in [0.25, 0.3) is 0 Å². The van der Waals surface area contributed by atoms with Gasteiger partial charge < -0.3 is 4.74 Å². The van der Waals surface area contributed by atoms with Crippen molar-refractivity contribution in [3.05, 3.63) is 42.5 Å². The van der Waals surface area contributed by atoms with Gasteiger partial charge in [0.25, 0.3) is 0 Å². The molecule has 0 N–H and O–H groups in total. The second-order valence-electron chi connectivity index (χ2n) is 5.91. The van der Waals surface area contributed by atoms with Crippen LogP contribution in [-0.2, 0) is 6.54 Å². The number of aromatic nitrogens is 3. The number of nitriles is 1. The highest BCUT2D eigenvalue weighted by molar-refractivity contribution is 5.34. The molecule has 6 heteroatoms. The maximum absolute atomic E-state index is 8.78. The summed E-state index contributed by atoms with van der Waals surface area (Å²) in [4.78, 5) is 6.45. The molecule has 0 spiro atoms. The predicted octanol–water partition coefficient (Wildman–Crippen LogP) is 1.94. The molecule has 1 saturated heterocycles. The van der Waals surface area contributed by atoms with Crippen molar-refractivity contribution in [2.45, 2.75) is 19.4 Å². The van der Waals surface area contributed by atoms with Gasteiger partial charge in [-0.2, -0.15) is 10.4 Å². The molecule has 1 atom stereocenters. The Morgan fingerprint density at radius 1 is 1.30 bits per heavy atom. The fourth-order valence-electron chi connectivity index (χ4n) is 3.01. The Kier molecular flexibility index (Phi) is 5.22. The zero-order chi connectivity index (χ0) is 15.9. The average molecular weight is 311 g/mol. The zero-order valence-corrected chi connectivity index (χ0v) is 13.1. The SMILES string of the molecule is N#Cc1ccc(OCCN2CCC[C@H](Cn3cncn3)C2)cc1. The van der Waals surface area contributed by atoms with Gasteiger partial charge in [0.05, 0.1) is 11.6 Å². The lowest BCUT2D eigenvalue weighted by atomic mass is 9.98. The number of hydrogen-bond acceptors (Lipinski definition) is 5. The van der Waals surface area contributed by atoms with Gasteiger partial charge in [0.15, 0.2) is 0 Å². The minimum Gasteiger partial charge on any atom is -0.492 e. The molecule has 0 bridgehead atoms. The molecule has 3 rings (SSSR count). The van der Waals surface area contributed by atoms with Gasteiger partial charge in [-0.25, -0.2) is 4.98 Å². The second kappa shape index (κ2) is 7.75. The van der Waals surface area contributed by atoms with Crippen LogP contribution < -0.4 is 4.74 Å². The molecule has 1 fully saturated rings. The maximum Gasteiger partial charge on any atom is 0.137 e. The number of likely N-dealkylation sites (tertiary alicyclic amines) is 1. The Morgan fingerprint density at radius 2 is 2.17 bits per heavy atom. The average Bonchev–Trinajstić information content (AvgIpc) is 3.09. The van der Waals surface area contributed by atoms with E-state index in [0.29, 0.717) is 18.1 Å². The molecule has 120 valence electrons. The summed E-state index contributed by atoms with van der Waals surface area (Å²) in [5, 5.41) is 13.0. The van der Waals surface area contributed by atoms with Crippen molar-refractivity contribution in [1.82, 2.24) is 19.7 Å². The third-order valence-electron chi connectivity index (χ3n) is 4.17. The fourth-order valence-corrected chi connectivity index (χ4v) is 3.01. The van der Waals surface area contributed by atoms with E-state index in [1.54, 1.807) is 24.8 Å². The third kappa shape index (κ3) is 4.54. The number of benzene rings is 1. The molecule has 0 aliphatic carbocycles. The molecule has 2 aromatic rings. The Hall–Kier alpha value is -2.39. The van der Waals surface area contributed by atoms with E-state index in [9.17, 15) is 0 Å². The number of rotatable bonds is 6. The first kappa shape index (κ1) is 15.5. The van der Waals surface area contributed by atoms with Crippen LogP contribution >= 0.6 is 0 Å². The molecule has 0 radical (unpaired) electrons. The minimum absolute atomic E-state index is 0.625. The van der Waals surface area contributed by atoms with Crippen molar-refractivity contribution in [2.24, 2.45) is 5.92 Å². The summed E-state index contributed by atoms with van der Waals surface area (Å²) in [5.74, 6) is 1.44. The first-order valence-corrected chi connectivity index (χ1v) is 8.01. The van der Waals surface area contributed by atoms with E-state index in [-0.39, 0.29) is 0 Å². The first-order chi connectivity index (χ1) is 11.3. The van der Waals surface area contributed by atoms with Crippen molar-refractivity contribution in [3.63, 3.8) is 0 Å². The van der Waals surface area contributed by atoms with Gasteiger partial charge in [-0.05, 0) is 49.6 Å². The van der Waals surface area contributed by atoms with Crippen LogP contribution in [0, 0.1) is 17.2 Å². The predicted molar refractivity (Wildman–Crippen MR) is 85.8 cm³/mol. The van der Waals surface area contributed by atoms with Crippen LogP contribution in [0.5, 0.6) is 5.75 Å². The Balaban J connectivity index is 1.41. The zero-order valence-electron chi connectivity index (χ0n) is 13.1. The molecule has 0 unspecified atom stereocenters. The minimum atomic E-state index is 0.625. The number of hydrogen-bond donors (Lipinski definition) is 0. The van der Waals surface area contributed by atoms with Gasteiger partial charge in [0, 0.05) is 19.6 Å². The van der Waals surface area contributed by atoms with Crippen molar-refractivity contribution in [1.29, 1.82) is 5.26 Å². The van der Waals surface area contributed by atoms with E-state index >= 15 is 0 Å². The van der Waals surface area contributed by atoms with E-state index in [0.717, 1.165) is 31.9 Å². The Bertz CT molecular complexity index is 632. The summed E-state index contributed by atoms with van der Waals surface area (Å²) in [6.45, 7) is 4.74. The summed E-state index contributed by atoms with van der Waals surface area (Å²) in [6.07, 6.45) is 5.84. The van der Waals surface area contributed by atoms with Crippen LogP contribution in [0.1, 0.15) is 18.4 Å². The molecule has 0 amide bonds. The Morgan fingerprint density at radius 3 is 2.91 bits per heavy atom. The van der Waals surface area contributed by atoms with Crippen molar-refractivity contribution < 1.29 is 4.74 Å². The molecule has 1 aromatic carbocycles. The van der Waals surface area contributed by atoms with E-state index in [1.807, 2.05) is 16.8 Å². The smallest absolute Gasteiger partial charge is 0.137 e. The normalized spacial score (nSPS) is 18.5. The van der Waals surface area contributed by atoms with E-state index in [4.69, 9.17) is 10.00 Å². The molecule has 1 aliphatic heterocycles. The lowest BCUT2D eigenvalue weighted by molar-refractivity contribution is 0.136. The van der Waals surface area contributed by atoms with Gasteiger partial charge in [0.2, 0.25) is 0 Å². The number of nitrogens with zero attached hydrogens (tertiary/aromatic N) is 5. The summed E-state index contributed by atoms with van der Waals surface area (Å²) in [6, 6.07) is 9.37. The monoisotopic (exact) mass is 311 g/mol.